The van der Waals surface area contributed by atoms with E-state index in [0.717, 1.165) is 24.6 Å². The number of hydrogen-bond donors (Lipinski definition) is 3. The fourth-order valence-corrected chi connectivity index (χ4v) is 2.67. The van der Waals surface area contributed by atoms with Gasteiger partial charge in [-0.05, 0) is 12.5 Å². The summed E-state index contributed by atoms with van der Waals surface area (Å²) in [6.07, 6.45) is 1.75. The summed E-state index contributed by atoms with van der Waals surface area (Å²) in [6.45, 7) is 2.49. The van der Waals surface area contributed by atoms with Gasteiger partial charge in [0.1, 0.15) is 11.2 Å². The van der Waals surface area contributed by atoms with Crippen LogP contribution in [0.3, 0.4) is 0 Å². The standard InChI is InChI=1S/C15H19N5O3S/c1-2-3-8-17-14(21)13-11(9-24-15(16)19-22)18-10-6-4-5-7-12(10)20(13)23/h4-7,22H,2-3,8-9H2,1H3,(H2,16,19)(H,17,21). The Morgan fingerprint density at radius 2 is 2.25 bits per heavy atom. The third kappa shape index (κ3) is 4.05. The largest absolute Gasteiger partial charge is 0.618 e. The Labute approximate surface area is 143 Å². The molecule has 0 aliphatic rings. The minimum atomic E-state index is -0.480. The van der Waals surface area contributed by atoms with Gasteiger partial charge >= 0.3 is 11.6 Å². The van der Waals surface area contributed by atoms with E-state index in [1.54, 1.807) is 24.3 Å². The van der Waals surface area contributed by atoms with E-state index in [-0.39, 0.29) is 22.3 Å². The number of hydrogen-bond acceptors (Lipinski definition) is 6. The number of fused-ring (bicyclic) bond motifs is 1. The van der Waals surface area contributed by atoms with Crippen molar-refractivity contribution in [2.45, 2.75) is 25.5 Å². The van der Waals surface area contributed by atoms with Crippen LogP contribution in [0.15, 0.2) is 29.4 Å². The first-order valence-electron chi connectivity index (χ1n) is 7.48. The highest BCUT2D eigenvalue weighted by Crippen LogP contribution is 2.16. The summed E-state index contributed by atoms with van der Waals surface area (Å²) < 4.78 is 0.589. The van der Waals surface area contributed by atoms with Gasteiger partial charge in [-0.15, -0.1) is 0 Å². The molecule has 128 valence electrons. The molecule has 0 fully saturated rings. The molecule has 1 heterocycles. The van der Waals surface area contributed by atoms with Crippen molar-refractivity contribution in [3.8, 4) is 0 Å². The third-order valence-corrected chi connectivity index (χ3v) is 4.11. The lowest BCUT2D eigenvalue weighted by Gasteiger charge is -2.11. The summed E-state index contributed by atoms with van der Waals surface area (Å²) in [7, 11) is 0. The summed E-state index contributed by atoms with van der Waals surface area (Å²) in [5.74, 6) is -0.341. The first kappa shape index (κ1) is 17.8. The number of carbonyl (C=O) groups excluding carboxylic acids is 1. The van der Waals surface area contributed by atoms with E-state index in [0.29, 0.717) is 22.3 Å². The first-order valence-corrected chi connectivity index (χ1v) is 8.46. The van der Waals surface area contributed by atoms with E-state index in [9.17, 15) is 10.0 Å². The van der Waals surface area contributed by atoms with Gasteiger partial charge < -0.3 is 21.5 Å². The lowest BCUT2D eigenvalue weighted by atomic mass is 10.2. The molecule has 1 aromatic heterocycles. The Kier molecular flexibility index (Phi) is 6.19. The van der Waals surface area contributed by atoms with Gasteiger partial charge in [-0.25, -0.2) is 4.98 Å². The molecule has 0 radical (unpaired) electrons. The fourth-order valence-electron chi connectivity index (χ4n) is 2.12. The number of nitrogens with two attached hydrogens (primary N) is 1. The van der Waals surface area contributed by atoms with Crippen molar-refractivity contribution in [2.24, 2.45) is 10.9 Å². The molecule has 0 spiro atoms. The van der Waals surface area contributed by atoms with Gasteiger partial charge in [0.2, 0.25) is 5.52 Å². The molecule has 0 bridgehead atoms. The van der Waals surface area contributed by atoms with Crippen LogP contribution < -0.4 is 15.8 Å². The van der Waals surface area contributed by atoms with Crippen LogP contribution in [-0.4, -0.2) is 27.8 Å². The van der Waals surface area contributed by atoms with E-state index in [1.165, 1.54) is 0 Å². The number of amidine groups is 1. The van der Waals surface area contributed by atoms with Crippen molar-refractivity contribution >= 4 is 33.9 Å². The van der Waals surface area contributed by atoms with Crippen molar-refractivity contribution in [1.82, 2.24) is 10.3 Å². The maximum Gasteiger partial charge on any atom is 0.319 e. The molecule has 4 N–H and O–H groups in total. The van der Waals surface area contributed by atoms with Crippen LogP contribution in [0.2, 0.25) is 0 Å². The van der Waals surface area contributed by atoms with E-state index < -0.39 is 5.91 Å². The summed E-state index contributed by atoms with van der Waals surface area (Å²) in [4.78, 5) is 16.8. The molecule has 8 nitrogen and oxygen atoms in total. The van der Waals surface area contributed by atoms with Gasteiger partial charge in [-0.3, -0.25) is 4.79 Å². The minimum Gasteiger partial charge on any atom is -0.618 e. The molecule has 0 unspecified atom stereocenters. The predicted octanol–water partition coefficient (Wildman–Crippen LogP) is 1.34. The number of thioether (sulfide) groups is 1. The van der Waals surface area contributed by atoms with Gasteiger partial charge in [-0.2, -0.15) is 4.73 Å². The average Bonchev–Trinajstić information content (AvgIpc) is 2.59. The molecular weight excluding hydrogens is 330 g/mol. The second-order valence-corrected chi connectivity index (χ2v) is 6.02. The number of nitrogens with zero attached hydrogens (tertiary/aromatic N) is 3. The zero-order valence-electron chi connectivity index (χ0n) is 13.2. The zero-order chi connectivity index (χ0) is 17.5. The topological polar surface area (TPSA) is 128 Å². The number of unbranched alkanes of at least 4 members (excludes halogenated alkanes) is 1. The smallest absolute Gasteiger partial charge is 0.319 e. The lowest BCUT2D eigenvalue weighted by molar-refractivity contribution is -0.580. The van der Waals surface area contributed by atoms with E-state index in [2.05, 4.69) is 15.5 Å². The normalized spacial score (nSPS) is 11.6. The quantitative estimate of drug-likeness (QED) is 0.137. The second-order valence-electron chi connectivity index (χ2n) is 5.03. The van der Waals surface area contributed by atoms with Crippen LogP contribution in [0.1, 0.15) is 35.9 Å². The predicted molar refractivity (Wildman–Crippen MR) is 92.6 cm³/mol. The molecule has 1 aromatic carbocycles. The number of nitrogens with one attached hydrogen (secondary N) is 1. The molecule has 9 heteroatoms. The molecule has 2 rings (SSSR count). The lowest BCUT2D eigenvalue weighted by Crippen LogP contribution is -2.42. The Hall–Kier alpha value is -2.55. The number of amides is 1. The molecule has 24 heavy (non-hydrogen) atoms. The highest BCUT2D eigenvalue weighted by Gasteiger charge is 2.26. The molecule has 0 saturated heterocycles. The van der Waals surface area contributed by atoms with E-state index in [1.807, 2.05) is 6.92 Å². The molecule has 0 aliphatic carbocycles. The van der Waals surface area contributed by atoms with Crippen LogP contribution in [0.25, 0.3) is 11.0 Å². The summed E-state index contributed by atoms with van der Waals surface area (Å²) in [5, 5.41) is 26.8. The molecule has 0 aliphatic heterocycles. The second kappa shape index (κ2) is 8.34. The van der Waals surface area contributed by atoms with Gasteiger partial charge in [0.05, 0.1) is 5.75 Å². The Morgan fingerprint density at radius 1 is 1.50 bits per heavy atom. The number of oxime groups is 1. The summed E-state index contributed by atoms with van der Waals surface area (Å²) in [5.41, 5.74) is 6.46. The van der Waals surface area contributed by atoms with Crippen molar-refractivity contribution in [2.75, 3.05) is 6.54 Å². The Morgan fingerprint density at radius 3 is 2.96 bits per heavy atom. The van der Waals surface area contributed by atoms with Crippen LogP contribution in [0.4, 0.5) is 0 Å². The number of para-hydroxylation sites is 2. The number of benzene rings is 1. The SMILES string of the molecule is CCCCNC(=O)c1c(CS/C(N)=N/O)nc2ccccc2[n+]1[O-]. The van der Waals surface area contributed by atoms with Crippen molar-refractivity contribution in [3.63, 3.8) is 0 Å². The number of aromatic nitrogens is 2. The Bertz CT molecular complexity index is 766. The first-order chi connectivity index (χ1) is 11.6. The highest BCUT2D eigenvalue weighted by atomic mass is 32.2. The number of rotatable bonds is 6. The van der Waals surface area contributed by atoms with Crippen molar-refractivity contribution in [3.05, 3.63) is 40.9 Å². The van der Waals surface area contributed by atoms with Gasteiger partial charge in [0.15, 0.2) is 5.17 Å². The van der Waals surface area contributed by atoms with Gasteiger partial charge in [0, 0.05) is 12.6 Å². The van der Waals surface area contributed by atoms with Crippen LogP contribution in [0, 0.1) is 5.21 Å². The Balaban J connectivity index is 2.43. The molecule has 0 atom stereocenters. The van der Waals surface area contributed by atoms with Gasteiger partial charge in [0.25, 0.3) is 0 Å². The third-order valence-electron chi connectivity index (χ3n) is 3.32. The molecule has 1 amide bonds. The fraction of sp³-hybridized carbons (Fsp3) is 0.333. The zero-order valence-corrected chi connectivity index (χ0v) is 14.0. The van der Waals surface area contributed by atoms with Crippen LogP contribution >= 0.6 is 11.8 Å². The van der Waals surface area contributed by atoms with Crippen molar-refractivity contribution in [1.29, 1.82) is 0 Å². The average molecular weight is 349 g/mol. The monoisotopic (exact) mass is 349 g/mol. The van der Waals surface area contributed by atoms with Crippen LogP contribution in [0.5, 0.6) is 0 Å². The minimum absolute atomic E-state index is 0.0666. The van der Waals surface area contributed by atoms with Gasteiger partial charge in [-0.1, -0.05) is 42.4 Å². The molecular formula is C15H19N5O3S. The molecule has 0 saturated carbocycles. The maximum absolute atomic E-state index is 12.6. The maximum atomic E-state index is 12.6. The summed E-state index contributed by atoms with van der Waals surface area (Å²) >= 11 is 0.990. The van der Waals surface area contributed by atoms with E-state index >= 15 is 0 Å². The van der Waals surface area contributed by atoms with E-state index in [4.69, 9.17) is 10.9 Å². The molecule has 2 aromatic rings. The summed E-state index contributed by atoms with van der Waals surface area (Å²) in [6, 6.07) is 6.78. The van der Waals surface area contributed by atoms with Crippen molar-refractivity contribution < 1.29 is 14.7 Å². The van der Waals surface area contributed by atoms with Crippen LogP contribution in [-0.2, 0) is 5.75 Å². The number of carbonyl (C=O) groups is 1. The highest BCUT2D eigenvalue weighted by molar-refractivity contribution is 8.13.